The largest absolute Gasteiger partial charge is 0.444 e. The van der Waals surface area contributed by atoms with Gasteiger partial charge in [-0.2, -0.15) is 0 Å². The fraction of sp³-hybridized carbons (Fsp3) is 0.571. The molecule has 2 aromatic rings. The molecule has 1 amide bonds. The quantitative estimate of drug-likeness (QED) is 0.737. The first kappa shape index (κ1) is 18.2. The molecule has 0 aromatic carbocycles. The highest BCUT2D eigenvalue weighted by Crippen LogP contribution is 2.12. The normalized spacial score (nSPS) is 11.7. The Hall–Kier alpha value is -2.10. The van der Waals surface area contributed by atoms with Crippen LogP contribution in [0.15, 0.2) is 9.59 Å². The Bertz CT molecular complexity index is 874. The van der Waals surface area contributed by atoms with Crippen LogP contribution in [-0.2, 0) is 24.9 Å². The highest BCUT2D eigenvalue weighted by atomic mass is 79.9. The lowest BCUT2D eigenvalue weighted by Crippen LogP contribution is -2.33. The van der Waals surface area contributed by atoms with E-state index in [-0.39, 0.29) is 17.7 Å². The van der Waals surface area contributed by atoms with Crippen LogP contribution in [0.1, 0.15) is 26.6 Å². The molecule has 0 unspecified atom stereocenters. The zero-order valence-electron chi connectivity index (χ0n) is 14.0. The molecule has 0 aliphatic rings. The minimum atomic E-state index is -0.610. The van der Waals surface area contributed by atoms with E-state index in [0.29, 0.717) is 17.7 Å². The first-order valence-corrected chi connectivity index (χ1v) is 8.47. The van der Waals surface area contributed by atoms with Gasteiger partial charge in [-0.15, -0.1) is 0 Å². The van der Waals surface area contributed by atoms with E-state index in [2.05, 4.69) is 31.2 Å². The highest BCUT2D eigenvalue weighted by Gasteiger charge is 2.19. The van der Waals surface area contributed by atoms with Crippen molar-refractivity contribution in [1.82, 2.24) is 24.4 Å². The van der Waals surface area contributed by atoms with E-state index < -0.39 is 22.9 Å². The lowest BCUT2D eigenvalue weighted by Gasteiger charge is -2.19. The molecule has 0 aliphatic heterocycles. The number of rotatable bonds is 4. The SMILES string of the molecule is Cn1c(=O)[nH]c(=O)c2c1nc(CNC(=O)OC(C)(C)C)n2CCBr. The zero-order valence-corrected chi connectivity index (χ0v) is 15.6. The molecule has 2 N–H and O–H groups in total. The zero-order chi connectivity index (χ0) is 18.1. The van der Waals surface area contributed by atoms with Crippen LogP contribution in [-0.4, -0.2) is 36.1 Å². The predicted octanol–water partition coefficient (Wildman–Crippen LogP) is 0.843. The van der Waals surface area contributed by atoms with Gasteiger partial charge in [0.1, 0.15) is 11.4 Å². The fourth-order valence-electron chi connectivity index (χ4n) is 2.21. The number of aromatic amines is 1. The van der Waals surface area contributed by atoms with Crippen molar-refractivity contribution in [2.24, 2.45) is 7.05 Å². The number of fused-ring (bicyclic) bond motifs is 1. The van der Waals surface area contributed by atoms with E-state index in [1.165, 1.54) is 11.6 Å². The molecule has 0 bridgehead atoms. The third-order valence-electron chi connectivity index (χ3n) is 3.18. The van der Waals surface area contributed by atoms with Gasteiger partial charge in [0.15, 0.2) is 11.2 Å². The number of alkyl carbamates (subject to hydrolysis) is 1. The second-order valence-electron chi connectivity index (χ2n) is 6.21. The van der Waals surface area contributed by atoms with Gasteiger partial charge in [-0.3, -0.25) is 14.3 Å². The molecule has 10 heteroatoms. The van der Waals surface area contributed by atoms with Crippen molar-refractivity contribution >= 4 is 33.2 Å². The molecule has 2 rings (SSSR count). The Kier molecular flexibility index (Phi) is 5.16. The van der Waals surface area contributed by atoms with Crippen molar-refractivity contribution < 1.29 is 9.53 Å². The molecular formula is C14H20BrN5O4. The molecule has 0 radical (unpaired) electrons. The molecule has 0 saturated carbocycles. The average Bonchev–Trinajstić information content (AvgIpc) is 2.81. The number of alkyl halides is 1. The smallest absolute Gasteiger partial charge is 0.408 e. The van der Waals surface area contributed by atoms with Crippen LogP contribution < -0.4 is 16.6 Å². The van der Waals surface area contributed by atoms with Gasteiger partial charge >= 0.3 is 11.8 Å². The van der Waals surface area contributed by atoms with Crippen LogP contribution in [0.2, 0.25) is 0 Å². The summed E-state index contributed by atoms with van der Waals surface area (Å²) < 4.78 is 8.11. The summed E-state index contributed by atoms with van der Waals surface area (Å²) in [6.07, 6.45) is -0.581. The van der Waals surface area contributed by atoms with Crippen LogP contribution in [0.3, 0.4) is 0 Å². The number of carbonyl (C=O) groups is 1. The Morgan fingerprint density at radius 2 is 2.04 bits per heavy atom. The van der Waals surface area contributed by atoms with Crippen LogP contribution in [0.4, 0.5) is 4.79 Å². The highest BCUT2D eigenvalue weighted by molar-refractivity contribution is 9.09. The van der Waals surface area contributed by atoms with Crippen molar-refractivity contribution in [3.05, 3.63) is 26.7 Å². The van der Waals surface area contributed by atoms with Gasteiger partial charge in [-0.25, -0.2) is 14.6 Å². The van der Waals surface area contributed by atoms with Crippen molar-refractivity contribution in [1.29, 1.82) is 0 Å². The lowest BCUT2D eigenvalue weighted by molar-refractivity contribution is 0.0521. The maximum absolute atomic E-state index is 12.1. The summed E-state index contributed by atoms with van der Waals surface area (Å²) in [5.74, 6) is 0.460. The molecule has 0 atom stereocenters. The van der Waals surface area contributed by atoms with Crippen LogP contribution in [0.25, 0.3) is 11.2 Å². The van der Waals surface area contributed by atoms with Crippen LogP contribution >= 0.6 is 15.9 Å². The molecule has 0 aliphatic carbocycles. The summed E-state index contributed by atoms with van der Waals surface area (Å²) in [5, 5.41) is 3.19. The molecule has 2 aromatic heterocycles. The van der Waals surface area contributed by atoms with Gasteiger partial charge in [-0.05, 0) is 20.8 Å². The fourth-order valence-corrected chi connectivity index (χ4v) is 2.56. The topological polar surface area (TPSA) is 111 Å². The van der Waals surface area contributed by atoms with Gasteiger partial charge in [0, 0.05) is 18.9 Å². The minimum Gasteiger partial charge on any atom is -0.444 e. The van der Waals surface area contributed by atoms with E-state index >= 15 is 0 Å². The first-order valence-electron chi connectivity index (χ1n) is 7.35. The van der Waals surface area contributed by atoms with E-state index in [9.17, 15) is 14.4 Å². The summed E-state index contributed by atoms with van der Waals surface area (Å²) in [6.45, 7) is 5.83. The number of hydrogen-bond donors (Lipinski definition) is 2. The summed E-state index contributed by atoms with van der Waals surface area (Å²) in [4.78, 5) is 42.2. The number of aryl methyl sites for hydroxylation is 2. The van der Waals surface area contributed by atoms with Gasteiger partial charge < -0.3 is 14.6 Å². The Morgan fingerprint density at radius 3 is 2.62 bits per heavy atom. The van der Waals surface area contributed by atoms with Gasteiger partial charge in [-0.1, -0.05) is 15.9 Å². The summed E-state index contributed by atoms with van der Waals surface area (Å²) in [6, 6.07) is 0. The van der Waals surface area contributed by atoms with Gasteiger partial charge in [0.05, 0.1) is 6.54 Å². The van der Waals surface area contributed by atoms with Crippen LogP contribution in [0.5, 0.6) is 0 Å². The van der Waals surface area contributed by atoms with Crippen molar-refractivity contribution in [3.63, 3.8) is 0 Å². The number of nitrogens with one attached hydrogen (secondary N) is 2. The predicted molar refractivity (Wildman–Crippen MR) is 92.5 cm³/mol. The number of amides is 1. The number of halogens is 1. The molecule has 9 nitrogen and oxygen atoms in total. The molecular weight excluding hydrogens is 382 g/mol. The van der Waals surface area contributed by atoms with E-state index in [1.807, 2.05) is 0 Å². The monoisotopic (exact) mass is 401 g/mol. The van der Waals surface area contributed by atoms with E-state index in [4.69, 9.17) is 4.74 Å². The molecule has 2 heterocycles. The molecule has 132 valence electrons. The number of nitrogens with zero attached hydrogens (tertiary/aromatic N) is 3. The third-order valence-corrected chi connectivity index (χ3v) is 3.54. The Labute approximate surface area is 146 Å². The van der Waals surface area contributed by atoms with Gasteiger partial charge in [0.25, 0.3) is 5.56 Å². The molecule has 0 spiro atoms. The molecule has 24 heavy (non-hydrogen) atoms. The lowest BCUT2D eigenvalue weighted by atomic mass is 10.2. The van der Waals surface area contributed by atoms with Crippen molar-refractivity contribution in [3.8, 4) is 0 Å². The second-order valence-corrected chi connectivity index (χ2v) is 7.01. The van der Waals surface area contributed by atoms with Crippen LogP contribution in [0, 0.1) is 0 Å². The summed E-state index contributed by atoms with van der Waals surface area (Å²) in [5.41, 5.74) is -1.10. The minimum absolute atomic E-state index is 0.0736. The second kappa shape index (κ2) is 6.80. The molecule has 0 saturated heterocycles. The van der Waals surface area contributed by atoms with Gasteiger partial charge in [0.2, 0.25) is 0 Å². The number of aromatic nitrogens is 4. The Balaban J connectivity index is 2.40. The first-order chi connectivity index (χ1) is 11.1. The standard InChI is InChI=1S/C14H20BrN5O4/c1-14(2,3)24-13(23)16-7-8-17-10-9(20(8)6-5-15)11(21)18-12(22)19(10)4/h5-7H2,1-4H3,(H,16,23)(H,18,21,22). The number of carbonyl (C=O) groups excluding carboxylic acids is 1. The molecule has 0 fully saturated rings. The third kappa shape index (κ3) is 3.86. The summed E-state index contributed by atoms with van der Waals surface area (Å²) >= 11 is 3.33. The van der Waals surface area contributed by atoms with E-state index in [1.54, 1.807) is 25.3 Å². The number of ether oxygens (including phenoxy) is 1. The number of H-pyrrole nitrogens is 1. The summed E-state index contributed by atoms with van der Waals surface area (Å²) in [7, 11) is 1.52. The van der Waals surface area contributed by atoms with E-state index in [0.717, 1.165) is 0 Å². The number of hydrogen-bond acceptors (Lipinski definition) is 5. The van der Waals surface area contributed by atoms with Crippen molar-refractivity contribution in [2.45, 2.75) is 39.5 Å². The number of imidazole rings is 1. The maximum Gasteiger partial charge on any atom is 0.408 e. The average molecular weight is 402 g/mol. The van der Waals surface area contributed by atoms with Crippen molar-refractivity contribution in [2.75, 3.05) is 5.33 Å². The maximum atomic E-state index is 12.1. The Morgan fingerprint density at radius 1 is 1.38 bits per heavy atom.